The second-order valence-corrected chi connectivity index (χ2v) is 8.03. The molecule has 0 atom stereocenters. The van der Waals surface area contributed by atoms with E-state index >= 15 is 0 Å². The van der Waals surface area contributed by atoms with Crippen LogP contribution in [-0.4, -0.2) is 26.0 Å². The molecule has 1 fully saturated rings. The van der Waals surface area contributed by atoms with Gasteiger partial charge in [-0.1, -0.05) is 23.2 Å². The molecule has 0 saturated carbocycles. The maximum absolute atomic E-state index is 12.3. The number of thioether (sulfide) groups is 1. The first kappa shape index (κ1) is 15.3. The Balaban J connectivity index is 2.29. The monoisotopic (exact) mass is 340 g/mol. The fourth-order valence-electron chi connectivity index (χ4n) is 1.96. The Bertz CT molecular complexity index is 549. The van der Waals surface area contributed by atoms with E-state index in [-0.39, 0.29) is 21.6 Å². The van der Waals surface area contributed by atoms with Crippen LogP contribution in [0, 0.1) is 0 Å². The minimum atomic E-state index is -3.71. The number of anilines is 1. The average molecular weight is 341 g/mol. The third-order valence-corrected chi connectivity index (χ3v) is 6.16. The molecule has 1 aromatic rings. The van der Waals surface area contributed by atoms with Gasteiger partial charge < -0.3 is 5.73 Å². The summed E-state index contributed by atoms with van der Waals surface area (Å²) in [5.74, 6) is 1.91. The summed E-state index contributed by atoms with van der Waals surface area (Å²) in [4.78, 5) is -0.0863. The third-order valence-electron chi connectivity index (χ3n) is 2.85. The maximum Gasteiger partial charge on any atom is 0.244 e. The summed E-state index contributed by atoms with van der Waals surface area (Å²) in [5, 5.41) is 0.359. The quantitative estimate of drug-likeness (QED) is 0.830. The summed E-state index contributed by atoms with van der Waals surface area (Å²) < 4.78 is 27.3. The molecule has 0 aromatic heterocycles. The molecule has 4 nitrogen and oxygen atoms in total. The Morgan fingerprint density at radius 2 is 1.89 bits per heavy atom. The van der Waals surface area contributed by atoms with E-state index in [1.165, 1.54) is 12.1 Å². The molecule has 0 bridgehead atoms. The Kier molecular flexibility index (Phi) is 4.89. The first-order chi connectivity index (χ1) is 8.90. The first-order valence-electron chi connectivity index (χ1n) is 5.75. The van der Waals surface area contributed by atoms with E-state index in [9.17, 15) is 8.42 Å². The van der Waals surface area contributed by atoms with Gasteiger partial charge in [-0.2, -0.15) is 11.8 Å². The number of nitrogen functional groups attached to an aromatic ring is 1. The summed E-state index contributed by atoms with van der Waals surface area (Å²) in [6.45, 7) is 0. The lowest BCUT2D eigenvalue weighted by Crippen LogP contribution is -2.37. The van der Waals surface area contributed by atoms with Crippen LogP contribution in [0.2, 0.25) is 10.0 Å². The van der Waals surface area contributed by atoms with Crippen molar-refractivity contribution in [3.63, 3.8) is 0 Å². The topological polar surface area (TPSA) is 72.2 Å². The van der Waals surface area contributed by atoms with Crippen molar-refractivity contribution in [1.29, 1.82) is 0 Å². The molecular formula is C11H14Cl2N2O2S2. The zero-order valence-electron chi connectivity index (χ0n) is 10.0. The predicted octanol–water partition coefficient (Wildman–Crippen LogP) is 2.75. The number of rotatable bonds is 3. The van der Waals surface area contributed by atoms with E-state index in [0.717, 1.165) is 24.3 Å². The Hall–Kier alpha value is -0.140. The molecule has 0 amide bonds. The summed E-state index contributed by atoms with van der Waals surface area (Å²) >= 11 is 13.6. The van der Waals surface area contributed by atoms with Gasteiger partial charge in [-0.05, 0) is 36.5 Å². The second kappa shape index (κ2) is 6.10. The number of nitrogens with two attached hydrogens (primary N) is 1. The maximum atomic E-state index is 12.3. The molecule has 1 aliphatic heterocycles. The third kappa shape index (κ3) is 3.70. The van der Waals surface area contributed by atoms with E-state index in [1.807, 2.05) is 11.8 Å². The van der Waals surface area contributed by atoms with Crippen molar-refractivity contribution in [3.05, 3.63) is 22.2 Å². The molecule has 0 unspecified atom stereocenters. The molecule has 3 N–H and O–H groups in total. The summed E-state index contributed by atoms with van der Waals surface area (Å²) in [6.07, 6.45) is 1.63. The van der Waals surface area contributed by atoms with E-state index in [1.54, 1.807) is 0 Å². The van der Waals surface area contributed by atoms with Crippen LogP contribution in [0.1, 0.15) is 12.8 Å². The first-order valence-corrected chi connectivity index (χ1v) is 9.14. The van der Waals surface area contributed by atoms with Crippen LogP contribution >= 0.6 is 35.0 Å². The molecule has 1 saturated heterocycles. The van der Waals surface area contributed by atoms with Gasteiger partial charge >= 0.3 is 0 Å². The molecule has 106 valence electrons. The van der Waals surface area contributed by atoms with Crippen molar-refractivity contribution >= 4 is 50.7 Å². The molecule has 19 heavy (non-hydrogen) atoms. The number of nitrogens with one attached hydrogen (secondary N) is 1. The highest BCUT2D eigenvalue weighted by Gasteiger charge is 2.26. The number of hydrogen-bond donors (Lipinski definition) is 2. The van der Waals surface area contributed by atoms with Gasteiger partial charge in [0.05, 0.1) is 10.7 Å². The highest BCUT2D eigenvalue weighted by atomic mass is 35.5. The lowest BCUT2D eigenvalue weighted by atomic mass is 10.2. The van der Waals surface area contributed by atoms with Crippen LogP contribution in [0.3, 0.4) is 0 Å². The SMILES string of the molecule is Nc1cc(Cl)cc(Cl)c1S(=O)(=O)NC1CCSCC1. The fraction of sp³-hybridized carbons (Fsp3) is 0.455. The van der Waals surface area contributed by atoms with Crippen LogP contribution in [0.5, 0.6) is 0 Å². The van der Waals surface area contributed by atoms with Crippen molar-refractivity contribution in [2.24, 2.45) is 0 Å². The van der Waals surface area contributed by atoms with Crippen molar-refractivity contribution in [3.8, 4) is 0 Å². The normalized spacial score (nSPS) is 17.6. The van der Waals surface area contributed by atoms with Crippen LogP contribution in [-0.2, 0) is 10.0 Å². The highest BCUT2D eigenvalue weighted by molar-refractivity contribution is 7.99. The predicted molar refractivity (Wildman–Crippen MR) is 81.5 cm³/mol. The van der Waals surface area contributed by atoms with Crippen LogP contribution < -0.4 is 10.5 Å². The van der Waals surface area contributed by atoms with Crippen LogP contribution in [0.4, 0.5) is 5.69 Å². The molecule has 0 aliphatic carbocycles. The van der Waals surface area contributed by atoms with Gasteiger partial charge in [0.1, 0.15) is 4.90 Å². The van der Waals surface area contributed by atoms with Gasteiger partial charge in [0.15, 0.2) is 0 Å². The zero-order valence-corrected chi connectivity index (χ0v) is 13.2. The van der Waals surface area contributed by atoms with E-state index in [0.29, 0.717) is 5.02 Å². The molecule has 1 aliphatic rings. The van der Waals surface area contributed by atoms with E-state index in [4.69, 9.17) is 28.9 Å². The van der Waals surface area contributed by atoms with E-state index in [2.05, 4.69) is 4.72 Å². The van der Waals surface area contributed by atoms with Crippen molar-refractivity contribution in [1.82, 2.24) is 4.72 Å². The standard InChI is InChI=1S/C11H14Cl2N2O2S2/c12-7-5-9(13)11(10(14)6-7)19(16,17)15-8-1-3-18-4-2-8/h5-6,8,15H,1-4,14H2. The van der Waals surface area contributed by atoms with Crippen LogP contribution in [0.25, 0.3) is 0 Å². The van der Waals surface area contributed by atoms with Crippen molar-refractivity contribution < 1.29 is 8.42 Å². The number of hydrogen-bond acceptors (Lipinski definition) is 4. The fourth-order valence-corrected chi connectivity index (χ4v) is 5.36. The molecule has 1 heterocycles. The molecular weight excluding hydrogens is 327 g/mol. The Morgan fingerprint density at radius 3 is 2.47 bits per heavy atom. The minimum absolute atomic E-state index is 0.0442. The summed E-state index contributed by atoms with van der Waals surface area (Å²) in [5.41, 5.74) is 5.79. The smallest absolute Gasteiger partial charge is 0.244 e. The molecule has 8 heteroatoms. The lowest BCUT2D eigenvalue weighted by Gasteiger charge is -2.23. The molecule has 0 spiro atoms. The molecule has 1 aromatic carbocycles. The van der Waals surface area contributed by atoms with Crippen LogP contribution in [0.15, 0.2) is 17.0 Å². The second-order valence-electron chi connectivity index (χ2n) is 4.31. The Morgan fingerprint density at radius 1 is 1.26 bits per heavy atom. The van der Waals surface area contributed by atoms with Gasteiger partial charge in [-0.25, -0.2) is 13.1 Å². The van der Waals surface area contributed by atoms with Gasteiger partial charge in [0.25, 0.3) is 0 Å². The minimum Gasteiger partial charge on any atom is -0.398 e. The summed E-state index contributed by atoms with van der Waals surface area (Å²) in [6, 6.07) is 2.71. The zero-order chi connectivity index (χ0) is 14.0. The highest BCUT2D eigenvalue weighted by Crippen LogP contribution is 2.31. The molecule has 0 radical (unpaired) electrons. The summed E-state index contributed by atoms with van der Waals surface area (Å²) in [7, 11) is -3.71. The number of sulfonamides is 1. The largest absolute Gasteiger partial charge is 0.398 e. The van der Waals surface area contributed by atoms with E-state index < -0.39 is 10.0 Å². The lowest BCUT2D eigenvalue weighted by molar-refractivity contribution is 0.529. The Labute approximate surface area is 127 Å². The van der Waals surface area contributed by atoms with Gasteiger partial charge in [0, 0.05) is 11.1 Å². The van der Waals surface area contributed by atoms with Gasteiger partial charge in [0.2, 0.25) is 10.0 Å². The van der Waals surface area contributed by atoms with Crippen molar-refractivity contribution in [2.45, 2.75) is 23.8 Å². The number of halogens is 2. The van der Waals surface area contributed by atoms with Gasteiger partial charge in [-0.15, -0.1) is 0 Å². The number of benzene rings is 1. The van der Waals surface area contributed by atoms with Gasteiger partial charge in [-0.3, -0.25) is 0 Å². The van der Waals surface area contributed by atoms with Crippen molar-refractivity contribution in [2.75, 3.05) is 17.2 Å². The average Bonchev–Trinajstić information content (AvgIpc) is 2.27. The molecule has 2 rings (SSSR count).